The average Bonchev–Trinajstić information content (AvgIpc) is 2.84. The fourth-order valence-corrected chi connectivity index (χ4v) is 3.64. The van der Waals surface area contributed by atoms with Crippen LogP contribution in [0.5, 0.6) is 0 Å². The molecular weight excluding hydrogens is 394 g/mol. The molecule has 1 aromatic heterocycles. The lowest BCUT2D eigenvalue weighted by atomic mass is 9.64. The first-order valence-corrected chi connectivity index (χ1v) is 8.78. The minimum atomic E-state index is -0.591. The van der Waals surface area contributed by atoms with Gasteiger partial charge in [-0.3, -0.25) is 20.4 Å². The van der Waals surface area contributed by atoms with Gasteiger partial charge in [0, 0.05) is 22.7 Å². The highest BCUT2D eigenvalue weighted by atomic mass is 79.9. The van der Waals surface area contributed by atoms with Crippen molar-refractivity contribution in [3.05, 3.63) is 57.3 Å². The van der Waals surface area contributed by atoms with Gasteiger partial charge in [0.25, 0.3) is 5.91 Å². The number of aromatic nitrogens is 1. The van der Waals surface area contributed by atoms with Crippen LogP contribution in [0.25, 0.3) is 0 Å². The fraction of sp³-hybridized carbons (Fsp3) is 0.294. The fourth-order valence-electron chi connectivity index (χ4n) is 2.99. The highest BCUT2D eigenvalue weighted by molar-refractivity contribution is 9.10. The molecular formula is C17H17BrClN3O2. The molecule has 0 aliphatic heterocycles. The SMILES string of the molecule is Cn1cc(Br)cc1C(=O)NNC(=O)C1(c2ccc(Cl)cc2)CCC1. The number of nitrogens with one attached hydrogen (secondary N) is 2. The Morgan fingerprint density at radius 1 is 1.21 bits per heavy atom. The average molecular weight is 411 g/mol. The number of benzene rings is 1. The highest BCUT2D eigenvalue weighted by Crippen LogP contribution is 2.44. The van der Waals surface area contributed by atoms with Gasteiger partial charge in [-0.15, -0.1) is 0 Å². The maximum Gasteiger partial charge on any atom is 0.286 e. The van der Waals surface area contributed by atoms with Gasteiger partial charge in [-0.05, 0) is 52.5 Å². The van der Waals surface area contributed by atoms with Gasteiger partial charge in [0.2, 0.25) is 5.91 Å². The molecule has 126 valence electrons. The van der Waals surface area contributed by atoms with Crippen LogP contribution in [0.2, 0.25) is 5.02 Å². The second-order valence-corrected chi connectivity index (χ2v) is 7.36. The number of rotatable bonds is 3. The summed E-state index contributed by atoms with van der Waals surface area (Å²) in [4.78, 5) is 24.9. The van der Waals surface area contributed by atoms with E-state index in [2.05, 4.69) is 26.8 Å². The number of amides is 2. The third-order valence-corrected chi connectivity index (χ3v) is 5.22. The third-order valence-electron chi connectivity index (χ3n) is 4.53. The van der Waals surface area contributed by atoms with Gasteiger partial charge in [0.05, 0.1) is 5.41 Å². The van der Waals surface area contributed by atoms with Crippen LogP contribution in [0, 0.1) is 0 Å². The number of hydrazine groups is 1. The van der Waals surface area contributed by atoms with E-state index in [4.69, 9.17) is 11.6 Å². The summed E-state index contributed by atoms with van der Waals surface area (Å²) in [5.74, 6) is -0.556. The van der Waals surface area contributed by atoms with Crippen LogP contribution in [-0.4, -0.2) is 16.4 Å². The summed E-state index contributed by atoms with van der Waals surface area (Å²) < 4.78 is 2.49. The monoisotopic (exact) mass is 409 g/mol. The van der Waals surface area contributed by atoms with Gasteiger partial charge in [-0.2, -0.15) is 0 Å². The Bertz CT molecular complexity index is 782. The summed E-state index contributed by atoms with van der Waals surface area (Å²) in [6.45, 7) is 0. The molecule has 1 aliphatic carbocycles. The van der Waals surface area contributed by atoms with Crippen molar-refractivity contribution in [2.45, 2.75) is 24.7 Å². The largest absolute Gasteiger partial charge is 0.345 e. The predicted molar refractivity (Wildman–Crippen MR) is 95.7 cm³/mol. The van der Waals surface area contributed by atoms with E-state index in [-0.39, 0.29) is 11.8 Å². The van der Waals surface area contributed by atoms with Crippen LogP contribution in [0.3, 0.4) is 0 Å². The molecule has 1 heterocycles. The van der Waals surface area contributed by atoms with Gasteiger partial charge in [0.1, 0.15) is 5.69 Å². The molecule has 7 heteroatoms. The number of aryl methyl sites for hydroxylation is 1. The van der Waals surface area contributed by atoms with Crippen LogP contribution in [-0.2, 0) is 17.3 Å². The van der Waals surface area contributed by atoms with E-state index in [1.807, 2.05) is 12.1 Å². The Balaban J connectivity index is 1.70. The normalized spacial score (nSPS) is 15.5. The molecule has 0 atom stereocenters. The van der Waals surface area contributed by atoms with Gasteiger partial charge in [0.15, 0.2) is 0 Å². The van der Waals surface area contributed by atoms with Crippen LogP contribution in [0.1, 0.15) is 35.3 Å². The summed E-state index contributed by atoms with van der Waals surface area (Å²) in [7, 11) is 1.77. The lowest BCUT2D eigenvalue weighted by molar-refractivity contribution is -0.130. The van der Waals surface area contributed by atoms with Crippen molar-refractivity contribution < 1.29 is 9.59 Å². The first kappa shape index (κ1) is 17.0. The maximum absolute atomic E-state index is 12.7. The van der Waals surface area contributed by atoms with Crippen molar-refractivity contribution in [3.63, 3.8) is 0 Å². The second-order valence-electron chi connectivity index (χ2n) is 6.01. The molecule has 0 saturated heterocycles. The van der Waals surface area contributed by atoms with Crippen molar-refractivity contribution in [3.8, 4) is 0 Å². The van der Waals surface area contributed by atoms with E-state index >= 15 is 0 Å². The van der Waals surface area contributed by atoms with Crippen LogP contribution in [0.4, 0.5) is 0 Å². The van der Waals surface area contributed by atoms with Crippen molar-refractivity contribution in [1.82, 2.24) is 15.4 Å². The summed E-state index contributed by atoms with van der Waals surface area (Å²) in [5, 5.41) is 0.635. The lowest BCUT2D eigenvalue weighted by Gasteiger charge is -2.40. The van der Waals surface area contributed by atoms with Crippen molar-refractivity contribution >= 4 is 39.3 Å². The minimum absolute atomic E-state index is 0.197. The Kier molecular flexibility index (Phi) is 4.69. The van der Waals surface area contributed by atoms with E-state index in [1.54, 1.807) is 36.0 Å². The highest BCUT2D eigenvalue weighted by Gasteiger charge is 2.45. The van der Waals surface area contributed by atoms with E-state index < -0.39 is 5.41 Å². The lowest BCUT2D eigenvalue weighted by Crippen LogP contribution is -2.54. The Morgan fingerprint density at radius 3 is 2.38 bits per heavy atom. The topological polar surface area (TPSA) is 63.1 Å². The zero-order valence-corrected chi connectivity index (χ0v) is 15.4. The summed E-state index contributed by atoms with van der Waals surface area (Å²) >= 11 is 9.25. The van der Waals surface area contributed by atoms with E-state index in [9.17, 15) is 9.59 Å². The Morgan fingerprint density at radius 2 is 1.88 bits per heavy atom. The number of nitrogens with zero attached hydrogens (tertiary/aromatic N) is 1. The Labute approximate surface area is 153 Å². The standard InChI is InChI=1S/C17H17BrClN3O2/c1-22-10-12(18)9-14(22)15(23)20-21-16(24)17(7-2-8-17)11-3-5-13(19)6-4-11/h3-6,9-10H,2,7-8H2,1H3,(H,20,23)(H,21,24). The molecule has 2 amide bonds. The predicted octanol–water partition coefficient (Wildman–Crippen LogP) is 3.32. The molecule has 1 fully saturated rings. The molecule has 0 radical (unpaired) electrons. The van der Waals surface area contributed by atoms with Crippen molar-refractivity contribution in [2.24, 2.45) is 7.05 Å². The zero-order chi connectivity index (χ0) is 17.3. The van der Waals surface area contributed by atoms with Crippen LogP contribution >= 0.6 is 27.5 Å². The van der Waals surface area contributed by atoms with E-state index in [0.29, 0.717) is 10.7 Å². The first-order chi connectivity index (χ1) is 11.4. The van der Waals surface area contributed by atoms with Crippen molar-refractivity contribution in [2.75, 3.05) is 0 Å². The number of carbonyl (C=O) groups excluding carboxylic acids is 2. The van der Waals surface area contributed by atoms with E-state index in [0.717, 1.165) is 29.3 Å². The molecule has 24 heavy (non-hydrogen) atoms. The van der Waals surface area contributed by atoms with E-state index in [1.165, 1.54) is 0 Å². The summed E-state index contributed by atoms with van der Waals surface area (Å²) in [6, 6.07) is 9.00. The summed E-state index contributed by atoms with van der Waals surface area (Å²) in [5.41, 5.74) is 5.86. The van der Waals surface area contributed by atoms with Gasteiger partial charge in [-0.1, -0.05) is 30.2 Å². The summed E-state index contributed by atoms with van der Waals surface area (Å²) in [6.07, 6.45) is 4.27. The molecule has 1 aromatic carbocycles. The molecule has 1 aliphatic rings. The van der Waals surface area contributed by atoms with Crippen LogP contribution in [0.15, 0.2) is 41.0 Å². The molecule has 3 rings (SSSR count). The maximum atomic E-state index is 12.7. The van der Waals surface area contributed by atoms with Gasteiger partial charge in [-0.25, -0.2) is 0 Å². The molecule has 2 N–H and O–H groups in total. The van der Waals surface area contributed by atoms with Gasteiger partial charge < -0.3 is 4.57 Å². The molecule has 2 aromatic rings. The molecule has 0 unspecified atom stereocenters. The molecule has 0 spiro atoms. The number of carbonyl (C=O) groups is 2. The molecule has 5 nitrogen and oxygen atoms in total. The molecule has 0 bridgehead atoms. The smallest absolute Gasteiger partial charge is 0.286 e. The minimum Gasteiger partial charge on any atom is -0.345 e. The Hall–Kier alpha value is -1.79. The quantitative estimate of drug-likeness (QED) is 0.763. The van der Waals surface area contributed by atoms with Crippen LogP contribution < -0.4 is 10.9 Å². The first-order valence-electron chi connectivity index (χ1n) is 7.61. The number of halogens is 2. The second kappa shape index (κ2) is 6.61. The zero-order valence-electron chi connectivity index (χ0n) is 13.1. The van der Waals surface area contributed by atoms with Crippen molar-refractivity contribution in [1.29, 1.82) is 0 Å². The molecule has 1 saturated carbocycles. The van der Waals surface area contributed by atoms with Gasteiger partial charge >= 0.3 is 0 Å². The number of hydrogen-bond donors (Lipinski definition) is 2. The number of hydrogen-bond acceptors (Lipinski definition) is 2. The third kappa shape index (κ3) is 3.08.